The van der Waals surface area contributed by atoms with E-state index in [2.05, 4.69) is 67.5 Å². The van der Waals surface area contributed by atoms with Gasteiger partial charge in [0, 0.05) is 0 Å². The van der Waals surface area contributed by atoms with E-state index in [9.17, 15) is 0 Å². The second kappa shape index (κ2) is 8.88. The van der Waals surface area contributed by atoms with Gasteiger partial charge in [-0.3, -0.25) is 0 Å². The van der Waals surface area contributed by atoms with E-state index < -0.39 is 0 Å². The van der Waals surface area contributed by atoms with Gasteiger partial charge in [-0.05, 0) is 70.6 Å². The van der Waals surface area contributed by atoms with E-state index in [-0.39, 0.29) is 0 Å². The fourth-order valence-corrected chi connectivity index (χ4v) is 5.98. The molecule has 4 unspecified atom stereocenters. The van der Waals surface area contributed by atoms with Crippen LogP contribution in [0.25, 0.3) is 0 Å². The van der Waals surface area contributed by atoms with E-state index >= 15 is 0 Å². The van der Waals surface area contributed by atoms with Crippen molar-refractivity contribution in [2.45, 2.75) is 105 Å². The minimum Gasteiger partial charge on any atom is -0.374 e. The van der Waals surface area contributed by atoms with E-state index in [4.69, 9.17) is 9.47 Å². The lowest BCUT2D eigenvalue weighted by Crippen LogP contribution is -2.34. The predicted octanol–water partition coefficient (Wildman–Crippen LogP) is 7.06. The van der Waals surface area contributed by atoms with Crippen LogP contribution in [0.5, 0.6) is 0 Å². The van der Waals surface area contributed by atoms with Crippen molar-refractivity contribution in [1.29, 1.82) is 0 Å². The van der Waals surface area contributed by atoms with E-state index in [1.165, 1.54) is 35.1 Å². The molecule has 158 valence electrons. The molecule has 3 aliphatic rings. The zero-order chi connectivity index (χ0) is 20.6. The monoisotopic (exact) mass is 386 g/mol. The van der Waals surface area contributed by atoms with Crippen molar-refractivity contribution in [1.82, 2.24) is 0 Å². The molecule has 28 heavy (non-hydrogen) atoms. The summed E-state index contributed by atoms with van der Waals surface area (Å²) in [5.41, 5.74) is 5.87. The highest BCUT2D eigenvalue weighted by Crippen LogP contribution is 2.49. The summed E-state index contributed by atoms with van der Waals surface area (Å²) in [7, 11) is 0. The topological polar surface area (TPSA) is 18.5 Å². The summed E-state index contributed by atoms with van der Waals surface area (Å²) in [5, 5.41) is 0. The summed E-state index contributed by atoms with van der Waals surface area (Å²) in [6.45, 7) is 20.1. The summed E-state index contributed by atoms with van der Waals surface area (Å²) < 4.78 is 11.6. The maximum Gasteiger partial charge on any atom is 0.0727 e. The van der Waals surface area contributed by atoms with Gasteiger partial charge in [0.1, 0.15) is 0 Å². The van der Waals surface area contributed by atoms with E-state index in [0.29, 0.717) is 24.0 Å². The van der Waals surface area contributed by atoms with Gasteiger partial charge in [-0.25, -0.2) is 0 Å². The maximum absolute atomic E-state index is 6.02. The van der Waals surface area contributed by atoms with Gasteiger partial charge in [-0.2, -0.15) is 0 Å². The fourth-order valence-electron chi connectivity index (χ4n) is 5.98. The molecule has 0 radical (unpaired) electrons. The van der Waals surface area contributed by atoms with Gasteiger partial charge in [0.25, 0.3) is 0 Å². The molecule has 4 rings (SSSR count). The second-order valence-corrected chi connectivity index (χ2v) is 10.4. The Balaban J connectivity index is 0.000000162. The Morgan fingerprint density at radius 3 is 1.79 bits per heavy atom. The number of fused-ring (bicyclic) bond motifs is 3. The van der Waals surface area contributed by atoms with Gasteiger partial charge in [0.2, 0.25) is 0 Å². The molecule has 4 atom stereocenters. The molecule has 0 aliphatic carbocycles. The zero-order valence-corrected chi connectivity index (χ0v) is 19.4. The molecule has 0 saturated carbocycles. The third-order valence-corrected chi connectivity index (χ3v) is 7.12. The number of hydrogen-bond donors (Lipinski definition) is 0. The first-order chi connectivity index (χ1) is 13.2. The summed E-state index contributed by atoms with van der Waals surface area (Å²) >= 11 is 0. The third kappa shape index (κ3) is 4.19. The Labute approximate surface area is 173 Å². The van der Waals surface area contributed by atoms with Crippen molar-refractivity contribution in [3.8, 4) is 0 Å². The van der Waals surface area contributed by atoms with Crippen LogP contribution in [-0.2, 0) is 22.7 Å². The molecular weight excluding hydrogens is 344 g/mol. The van der Waals surface area contributed by atoms with Crippen molar-refractivity contribution < 1.29 is 9.47 Å². The van der Waals surface area contributed by atoms with Crippen LogP contribution in [-0.4, -0.2) is 12.2 Å². The summed E-state index contributed by atoms with van der Waals surface area (Å²) in [5.74, 6) is 4.45. The Morgan fingerprint density at radius 2 is 1.32 bits per heavy atom. The Hall–Kier alpha value is -0.860. The summed E-state index contributed by atoms with van der Waals surface area (Å²) in [6.07, 6.45) is 3.82. The van der Waals surface area contributed by atoms with Crippen LogP contribution in [0, 0.1) is 23.7 Å². The normalized spacial score (nSPS) is 28.4. The summed E-state index contributed by atoms with van der Waals surface area (Å²) in [6, 6.07) is 4.52. The average Bonchev–Trinajstić information content (AvgIpc) is 3.35. The van der Waals surface area contributed by atoms with Crippen molar-refractivity contribution in [2.24, 2.45) is 23.7 Å². The van der Waals surface area contributed by atoms with Gasteiger partial charge >= 0.3 is 0 Å². The number of hydrogen-bond acceptors (Lipinski definition) is 2. The van der Waals surface area contributed by atoms with Gasteiger partial charge in [0.05, 0.1) is 25.4 Å². The van der Waals surface area contributed by atoms with Gasteiger partial charge in [-0.1, -0.05) is 67.5 Å². The maximum atomic E-state index is 6.02. The first kappa shape index (κ1) is 21.8. The van der Waals surface area contributed by atoms with Crippen LogP contribution in [0.1, 0.15) is 102 Å². The van der Waals surface area contributed by atoms with Crippen molar-refractivity contribution in [2.75, 3.05) is 0 Å². The van der Waals surface area contributed by atoms with Crippen molar-refractivity contribution >= 4 is 0 Å². The van der Waals surface area contributed by atoms with Crippen molar-refractivity contribution in [3.63, 3.8) is 0 Å². The minimum absolute atomic E-state index is 0.595. The summed E-state index contributed by atoms with van der Waals surface area (Å²) in [4.78, 5) is 0. The molecule has 2 bridgehead atoms. The van der Waals surface area contributed by atoms with E-state index in [0.717, 1.165) is 36.9 Å². The molecule has 0 N–H and O–H groups in total. The molecule has 0 spiro atoms. The molecular formula is C26H42O2. The average molecular weight is 387 g/mol. The highest BCUT2D eigenvalue weighted by atomic mass is 16.5. The molecule has 2 heteroatoms. The largest absolute Gasteiger partial charge is 0.374 e. The second-order valence-electron chi connectivity index (χ2n) is 10.4. The SMILES string of the molecule is CC(C)C1C2CCC(O2)C1C(C)C.CC(C)c1ccc2c(c1C(C)C)COC2. The molecule has 3 aliphatic heterocycles. The van der Waals surface area contributed by atoms with Crippen LogP contribution in [0.15, 0.2) is 12.1 Å². The molecule has 2 nitrogen and oxygen atoms in total. The minimum atomic E-state index is 0.595. The molecule has 1 aromatic rings. The quantitative estimate of drug-likeness (QED) is 0.551. The first-order valence-electron chi connectivity index (χ1n) is 11.6. The third-order valence-electron chi connectivity index (χ3n) is 7.12. The predicted molar refractivity (Wildman–Crippen MR) is 118 cm³/mol. The highest BCUT2D eigenvalue weighted by molar-refractivity contribution is 5.45. The van der Waals surface area contributed by atoms with E-state index in [1.807, 2.05) is 0 Å². The molecule has 3 heterocycles. The highest BCUT2D eigenvalue weighted by Gasteiger charge is 2.50. The van der Waals surface area contributed by atoms with Gasteiger partial charge in [0.15, 0.2) is 0 Å². The molecule has 0 aromatic heterocycles. The lowest BCUT2D eigenvalue weighted by atomic mass is 9.69. The molecule has 2 fully saturated rings. The smallest absolute Gasteiger partial charge is 0.0727 e. The number of benzene rings is 1. The molecule has 1 aromatic carbocycles. The van der Waals surface area contributed by atoms with Crippen LogP contribution in [0.3, 0.4) is 0 Å². The van der Waals surface area contributed by atoms with Gasteiger partial charge < -0.3 is 9.47 Å². The fraction of sp³-hybridized carbons (Fsp3) is 0.769. The van der Waals surface area contributed by atoms with E-state index in [1.54, 1.807) is 0 Å². The number of rotatable bonds is 4. The van der Waals surface area contributed by atoms with Gasteiger partial charge in [-0.15, -0.1) is 0 Å². The Morgan fingerprint density at radius 1 is 0.750 bits per heavy atom. The zero-order valence-electron chi connectivity index (χ0n) is 19.4. The van der Waals surface area contributed by atoms with Crippen LogP contribution >= 0.6 is 0 Å². The number of ether oxygens (including phenoxy) is 2. The van der Waals surface area contributed by atoms with Crippen LogP contribution < -0.4 is 0 Å². The molecule has 2 saturated heterocycles. The lowest BCUT2D eigenvalue weighted by Gasteiger charge is -2.33. The van der Waals surface area contributed by atoms with Crippen LogP contribution in [0.4, 0.5) is 0 Å². The van der Waals surface area contributed by atoms with Crippen LogP contribution in [0.2, 0.25) is 0 Å². The molecule has 0 amide bonds. The van der Waals surface area contributed by atoms with Crippen molar-refractivity contribution in [3.05, 3.63) is 34.4 Å². The Kier molecular flexibility index (Phi) is 6.92. The lowest BCUT2D eigenvalue weighted by molar-refractivity contribution is 0.0803. The Bertz CT molecular complexity index is 639. The first-order valence-corrected chi connectivity index (χ1v) is 11.6. The standard InChI is InChI=1S/C14H20O.C12H22O/c1-9(2)12-6-5-11-7-15-8-13(11)14(12)10(3)4;1-7(2)11-9-5-6-10(13-9)12(11)8(3)4/h5-6,9-10H,7-8H2,1-4H3;7-12H,5-6H2,1-4H3.